The summed E-state index contributed by atoms with van der Waals surface area (Å²) in [6.45, 7) is 1.58. The summed E-state index contributed by atoms with van der Waals surface area (Å²) < 4.78 is 4.85. The summed E-state index contributed by atoms with van der Waals surface area (Å²) in [5.41, 5.74) is -2.44. The fourth-order valence-corrected chi connectivity index (χ4v) is 1.85. The summed E-state index contributed by atoms with van der Waals surface area (Å²) in [4.78, 5) is 36.4. The van der Waals surface area contributed by atoms with Crippen molar-refractivity contribution in [2.24, 2.45) is 0 Å². The van der Waals surface area contributed by atoms with Crippen molar-refractivity contribution in [3.05, 3.63) is 33.7 Å². The van der Waals surface area contributed by atoms with Gasteiger partial charge in [0.05, 0.1) is 0 Å². The van der Waals surface area contributed by atoms with Gasteiger partial charge in [0, 0.05) is 11.8 Å². The van der Waals surface area contributed by atoms with Gasteiger partial charge in [0.25, 0.3) is 5.56 Å². The third-order valence-electron chi connectivity index (χ3n) is 2.71. The number of carboxylic acids is 1. The minimum absolute atomic E-state index is 0.0739. The van der Waals surface area contributed by atoms with E-state index in [9.17, 15) is 14.4 Å². The molecular weight excluding hydrogens is 214 g/mol. The van der Waals surface area contributed by atoms with Crippen LogP contribution in [0.15, 0.2) is 17.1 Å². The number of H-pyrrole nitrogens is 1. The van der Waals surface area contributed by atoms with Gasteiger partial charge < -0.3 is 14.8 Å². The van der Waals surface area contributed by atoms with E-state index in [-0.39, 0.29) is 17.5 Å². The molecule has 0 saturated heterocycles. The Morgan fingerprint density at radius 2 is 2.25 bits per heavy atom. The van der Waals surface area contributed by atoms with Gasteiger partial charge >= 0.3 is 11.9 Å². The van der Waals surface area contributed by atoms with E-state index in [1.54, 1.807) is 6.92 Å². The maximum Gasteiger partial charge on any atom is 0.353 e. The number of aromatic amines is 1. The van der Waals surface area contributed by atoms with E-state index >= 15 is 0 Å². The number of carbonyl (C=O) groups excluding carboxylic acids is 1. The van der Waals surface area contributed by atoms with Crippen LogP contribution in [0.1, 0.15) is 29.3 Å². The van der Waals surface area contributed by atoms with Crippen molar-refractivity contribution in [3.63, 3.8) is 0 Å². The third kappa shape index (κ3) is 1.09. The van der Waals surface area contributed by atoms with Crippen LogP contribution in [0.25, 0.3) is 0 Å². The van der Waals surface area contributed by atoms with Crippen LogP contribution < -0.4 is 5.56 Å². The number of carbonyl (C=O) groups is 2. The molecule has 1 aliphatic rings. The molecular formula is C10H9NO5. The second kappa shape index (κ2) is 3.19. The predicted octanol–water partition coefficient (Wildman–Crippen LogP) is 0.235. The van der Waals surface area contributed by atoms with Gasteiger partial charge in [-0.15, -0.1) is 0 Å². The number of esters is 1. The molecule has 1 aliphatic heterocycles. The lowest BCUT2D eigenvalue weighted by Crippen LogP contribution is -2.35. The summed E-state index contributed by atoms with van der Waals surface area (Å²) in [5, 5.41) is 9.13. The maximum absolute atomic E-state index is 11.5. The van der Waals surface area contributed by atoms with Gasteiger partial charge in [-0.1, -0.05) is 6.92 Å². The average molecular weight is 223 g/mol. The Balaban J connectivity index is 2.77. The lowest BCUT2D eigenvalue weighted by Gasteiger charge is -2.21. The Labute approximate surface area is 89.9 Å². The minimum atomic E-state index is -1.72. The summed E-state index contributed by atoms with van der Waals surface area (Å²) in [5.74, 6) is -2.16. The summed E-state index contributed by atoms with van der Waals surface area (Å²) in [6, 6.07) is 1.39. The molecule has 6 nitrogen and oxygen atoms in total. The van der Waals surface area contributed by atoms with Gasteiger partial charge in [-0.25, -0.2) is 9.59 Å². The first kappa shape index (κ1) is 10.4. The van der Waals surface area contributed by atoms with Crippen molar-refractivity contribution >= 4 is 11.9 Å². The third-order valence-corrected chi connectivity index (χ3v) is 2.71. The van der Waals surface area contributed by atoms with Crippen LogP contribution in [0.3, 0.4) is 0 Å². The number of pyridine rings is 1. The van der Waals surface area contributed by atoms with Crippen LogP contribution >= 0.6 is 0 Å². The smallest absolute Gasteiger partial charge is 0.353 e. The fourth-order valence-electron chi connectivity index (χ4n) is 1.85. The summed E-state index contributed by atoms with van der Waals surface area (Å²) in [7, 11) is 0. The number of ether oxygens (including phenoxy) is 1. The number of carboxylic acid groups (broad SMARTS) is 1. The van der Waals surface area contributed by atoms with Gasteiger partial charge in [0.1, 0.15) is 5.56 Å². The van der Waals surface area contributed by atoms with Crippen LogP contribution in [0.2, 0.25) is 0 Å². The first-order valence-corrected chi connectivity index (χ1v) is 4.72. The molecule has 0 amide bonds. The Morgan fingerprint density at radius 1 is 1.56 bits per heavy atom. The number of rotatable bonds is 2. The Morgan fingerprint density at radius 3 is 2.81 bits per heavy atom. The summed E-state index contributed by atoms with van der Waals surface area (Å²) >= 11 is 0. The van der Waals surface area contributed by atoms with E-state index in [0.717, 1.165) is 0 Å². The molecule has 0 spiro atoms. The zero-order chi connectivity index (χ0) is 11.9. The van der Waals surface area contributed by atoms with Gasteiger partial charge in [-0.05, 0) is 12.5 Å². The second-order valence-corrected chi connectivity index (χ2v) is 3.47. The largest absolute Gasteiger partial charge is 0.478 e. The molecule has 0 saturated carbocycles. The zero-order valence-corrected chi connectivity index (χ0v) is 8.44. The second-order valence-electron chi connectivity index (χ2n) is 3.47. The molecule has 1 unspecified atom stereocenters. The van der Waals surface area contributed by atoms with Crippen molar-refractivity contribution in [3.8, 4) is 0 Å². The molecule has 84 valence electrons. The van der Waals surface area contributed by atoms with E-state index < -0.39 is 23.1 Å². The standard InChI is InChI=1S/C10H9NO5/c1-2-10(9(14)15)5-3-4-11-7(12)6(5)8(13)16-10/h3-4H,2H2,1H3,(H,11,12)(H,14,15). The number of cyclic esters (lactones) is 1. The van der Waals surface area contributed by atoms with Gasteiger partial charge in [0.15, 0.2) is 0 Å². The Kier molecular flexibility index (Phi) is 2.08. The number of aliphatic carboxylic acids is 1. The lowest BCUT2D eigenvalue weighted by molar-refractivity contribution is -0.159. The normalized spacial score (nSPS) is 22.7. The topological polar surface area (TPSA) is 96.5 Å². The van der Waals surface area contributed by atoms with Crippen molar-refractivity contribution < 1.29 is 19.4 Å². The minimum Gasteiger partial charge on any atom is -0.478 e. The van der Waals surface area contributed by atoms with E-state index in [0.29, 0.717) is 0 Å². The van der Waals surface area contributed by atoms with Crippen molar-refractivity contribution in [1.82, 2.24) is 4.98 Å². The molecule has 0 aromatic carbocycles. The first-order valence-electron chi connectivity index (χ1n) is 4.72. The van der Waals surface area contributed by atoms with Gasteiger partial charge in [-0.3, -0.25) is 4.79 Å². The van der Waals surface area contributed by atoms with Crippen LogP contribution in [-0.4, -0.2) is 22.0 Å². The first-order chi connectivity index (χ1) is 7.53. The molecule has 1 aromatic rings. The molecule has 0 bridgehead atoms. The average Bonchev–Trinajstić information content (AvgIpc) is 2.54. The van der Waals surface area contributed by atoms with Crippen LogP contribution in [0.5, 0.6) is 0 Å². The predicted molar refractivity (Wildman–Crippen MR) is 52.1 cm³/mol. The van der Waals surface area contributed by atoms with Gasteiger partial charge in [-0.2, -0.15) is 0 Å². The van der Waals surface area contributed by atoms with E-state index in [1.807, 2.05) is 0 Å². The maximum atomic E-state index is 11.5. The monoisotopic (exact) mass is 223 g/mol. The van der Waals surface area contributed by atoms with Crippen LogP contribution in [0.4, 0.5) is 0 Å². The zero-order valence-electron chi connectivity index (χ0n) is 8.44. The summed E-state index contributed by atoms with van der Waals surface area (Å²) in [6.07, 6.45) is 1.38. The number of fused-ring (bicyclic) bond motifs is 1. The molecule has 6 heteroatoms. The van der Waals surface area contributed by atoms with Crippen LogP contribution in [-0.2, 0) is 15.1 Å². The Bertz CT molecular complexity index is 532. The molecule has 1 aromatic heterocycles. The number of aromatic nitrogens is 1. The molecule has 2 heterocycles. The quantitative estimate of drug-likeness (QED) is 0.700. The number of hydrogen-bond acceptors (Lipinski definition) is 4. The molecule has 0 radical (unpaired) electrons. The van der Waals surface area contributed by atoms with E-state index in [4.69, 9.17) is 9.84 Å². The molecule has 2 N–H and O–H groups in total. The highest BCUT2D eigenvalue weighted by Gasteiger charge is 2.51. The molecule has 1 atom stereocenters. The molecule has 0 fully saturated rings. The van der Waals surface area contributed by atoms with Crippen molar-refractivity contribution in [2.45, 2.75) is 18.9 Å². The molecule has 0 aliphatic carbocycles. The molecule has 2 rings (SSSR count). The van der Waals surface area contributed by atoms with E-state index in [2.05, 4.69) is 4.98 Å². The number of nitrogens with one attached hydrogen (secondary N) is 1. The highest BCUT2D eigenvalue weighted by atomic mass is 16.6. The molecule has 16 heavy (non-hydrogen) atoms. The van der Waals surface area contributed by atoms with E-state index in [1.165, 1.54) is 12.3 Å². The Hall–Kier alpha value is -2.11. The highest BCUT2D eigenvalue weighted by Crippen LogP contribution is 2.37. The SMILES string of the molecule is CCC1(C(=O)O)OC(=O)c2c1cc[nH]c2=O. The van der Waals surface area contributed by atoms with Crippen molar-refractivity contribution in [1.29, 1.82) is 0 Å². The highest BCUT2D eigenvalue weighted by molar-refractivity contribution is 6.00. The van der Waals surface area contributed by atoms with Crippen molar-refractivity contribution in [2.75, 3.05) is 0 Å². The lowest BCUT2D eigenvalue weighted by atomic mass is 9.91. The van der Waals surface area contributed by atoms with Crippen LogP contribution in [0, 0.1) is 0 Å². The fraction of sp³-hybridized carbons (Fsp3) is 0.300. The van der Waals surface area contributed by atoms with Gasteiger partial charge in [0.2, 0.25) is 5.60 Å². The number of hydrogen-bond donors (Lipinski definition) is 2.